The molecule has 1 fully saturated rings. The highest BCUT2D eigenvalue weighted by Crippen LogP contribution is 2.33. The van der Waals surface area contributed by atoms with Gasteiger partial charge in [0.2, 0.25) is 5.91 Å². The van der Waals surface area contributed by atoms with Crippen molar-refractivity contribution in [3.63, 3.8) is 0 Å². The maximum Gasteiger partial charge on any atom is 0.265 e. The van der Waals surface area contributed by atoms with Crippen molar-refractivity contribution in [3.8, 4) is 5.75 Å². The summed E-state index contributed by atoms with van der Waals surface area (Å²) in [6.07, 6.45) is 1.09. The van der Waals surface area contributed by atoms with Crippen LogP contribution in [0.4, 0.5) is 11.4 Å². The molecule has 2 aromatic rings. The van der Waals surface area contributed by atoms with E-state index in [2.05, 4.69) is 43.0 Å². The van der Waals surface area contributed by atoms with Crippen LogP contribution < -0.4 is 14.5 Å². The second kappa shape index (κ2) is 9.00. The Labute approximate surface area is 184 Å². The fourth-order valence-electron chi connectivity index (χ4n) is 4.48. The number of nitrogens with zero attached hydrogens (tertiary/aromatic N) is 3. The molecule has 1 atom stereocenters. The van der Waals surface area contributed by atoms with Crippen LogP contribution in [-0.4, -0.2) is 55.5 Å². The number of hydrogen-bond acceptors (Lipinski definition) is 4. The Hall–Kier alpha value is -3.02. The number of ether oxygens (including phenoxy) is 1. The lowest BCUT2D eigenvalue weighted by Gasteiger charge is -2.41. The molecular formula is C25H31N3O3. The summed E-state index contributed by atoms with van der Waals surface area (Å²) in [6.45, 7) is 9.16. The fourth-order valence-corrected chi connectivity index (χ4v) is 4.48. The number of piperazine rings is 1. The molecule has 0 aliphatic carbocycles. The van der Waals surface area contributed by atoms with E-state index in [-0.39, 0.29) is 24.5 Å². The lowest BCUT2D eigenvalue weighted by Crippen LogP contribution is -2.53. The zero-order chi connectivity index (χ0) is 22.0. The van der Waals surface area contributed by atoms with Crippen LogP contribution in [0.1, 0.15) is 30.9 Å². The molecule has 2 aliphatic heterocycles. The predicted octanol–water partition coefficient (Wildman–Crippen LogP) is 3.55. The summed E-state index contributed by atoms with van der Waals surface area (Å²) in [6, 6.07) is 14.7. The summed E-state index contributed by atoms with van der Waals surface area (Å²) in [4.78, 5) is 31.3. The van der Waals surface area contributed by atoms with Gasteiger partial charge in [0.25, 0.3) is 5.91 Å². The van der Waals surface area contributed by atoms with E-state index in [1.165, 1.54) is 11.3 Å². The standard InChI is InChI=1S/C25H31N3O3/c1-18-6-4-7-21(14-18)27-13-12-26(16-20(27)3)24(29)8-5-11-28-22-15-19(2)9-10-23(22)31-17-25(28)30/h4,6-7,9-10,14-15,20H,5,8,11-13,16-17H2,1-3H3/t20-/m1/s1. The largest absolute Gasteiger partial charge is 0.482 e. The van der Waals surface area contributed by atoms with Crippen LogP contribution in [0.2, 0.25) is 0 Å². The molecule has 2 heterocycles. The number of fused-ring (bicyclic) bond motifs is 1. The van der Waals surface area contributed by atoms with Crippen LogP contribution in [0.25, 0.3) is 0 Å². The number of benzene rings is 2. The van der Waals surface area contributed by atoms with Gasteiger partial charge in [0.05, 0.1) is 5.69 Å². The minimum absolute atomic E-state index is 0.0501. The summed E-state index contributed by atoms with van der Waals surface area (Å²) in [5.41, 5.74) is 4.36. The van der Waals surface area contributed by atoms with E-state index in [0.717, 1.165) is 36.6 Å². The molecule has 1 saturated heterocycles. The number of aryl methyl sites for hydroxylation is 2. The second-order valence-corrected chi connectivity index (χ2v) is 8.63. The molecule has 6 nitrogen and oxygen atoms in total. The van der Waals surface area contributed by atoms with Gasteiger partial charge in [-0.25, -0.2) is 0 Å². The Morgan fingerprint density at radius 1 is 1.10 bits per heavy atom. The van der Waals surface area contributed by atoms with Gasteiger partial charge in [0.15, 0.2) is 6.61 Å². The van der Waals surface area contributed by atoms with Crippen molar-refractivity contribution in [2.24, 2.45) is 0 Å². The minimum atomic E-state index is -0.0501. The summed E-state index contributed by atoms with van der Waals surface area (Å²) >= 11 is 0. The maximum absolute atomic E-state index is 12.8. The Morgan fingerprint density at radius 2 is 1.90 bits per heavy atom. The lowest BCUT2D eigenvalue weighted by atomic mass is 10.1. The zero-order valence-corrected chi connectivity index (χ0v) is 18.6. The van der Waals surface area contributed by atoms with Gasteiger partial charge in [-0.05, 0) is 62.6 Å². The molecule has 0 aromatic heterocycles. The first-order chi connectivity index (χ1) is 14.9. The quantitative estimate of drug-likeness (QED) is 0.741. The number of anilines is 2. The first kappa shape index (κ1) is 21.2. The average Bonchev–Trinajstić information content (AvgIpc) is 2.75. The van der Waals surface area contributed by atoms with Gasteiger partial charge in [-0.3, -0.25) is 9.59 Å². The molecule has 0 N–H and O–H groups in total. The van der Waals surface area contributed by atoms with Crippen molar-refractivity contribution in [1.29, 1.82) is 0 Å². The van der Waals surface area contributed by atoms with Gasteiger partial charge in [0.1, 0.15) is 5.75 Å². The van der Waals surface area contributed by atoms with Crippen molar-refractivity contribution in [3.05, 3.63) is 53.6 Å². The van der Waals surface area contributed by atoms with Crippen molar-refractivity contribution < 1.29 is 14.3 Å². The van der Waals surface area contributed by atoms with Crippen molar-refractivity contribution >= 4 is 23.2 Å². The first-order valence-electron chi connectivity index (χ1n) is 11.1. The smallest absolute Gasteiger partial charge is 0.265 e. The predicted molar refractivity (Wildman–Crippen MR) is 123 cm³/mol. The molecule has 0 bridgehead atoms. The van der Waals surface area contributed by atoms with E-state index in [1.54, 1.807) is 4.90 Å². The number of rotatable bonds is 5. The normalized spacial score (nSPS) is 18.6. The average molecular weight is 422 g/mol. The Morgan fingerprint density at radius 3 is 2.68 bits per heavy atom. The Kier molecular flexibility index (Phi) is 6.16. The van der Waals surface area contributed by atoms with E-state index >= 15 is 0 Å². The van der Waals surface area contributed by atoms with Gasteiger partial charge in [-0.2, -0.15) is 0 Å². The van der Waals surface area contributed by atoms with E-state index in [9.17, 15) is 9.59 Å². The first-order valence-corrected chi connectivity index (χ1v) is 11.1. The van der Waals surface area contributed by atoms with Crippen LogP contribution in [0, 0.1) is 13.8 Å². The number of carbonyl (C=O) groups is 2. The molecule has 0 spiro atoms. The molecule has 164 valence electrons. The highest BCUT2D eigenvalue weighted by atomic mass is 16.5. The van der Waals surface area contributed by atoms with E-state index in [0.29, 0.717) is 19.4 Å². The molecule has 6 heteroatoms. The molecule has 0 unspecified atom stereocenters. The topological polar surface area (TPSA) is 53.1 Å². The highest BCUT2D eigenvalue weighted by molar-refractivity contribution is 5.98. The van der Waals surface area contributed by atoms with Crippen molar-refractivity contribution in [2.45, 2.75) is 39.7 Å². The molecule has 2 aromatic carbocycles. The SMILES string of the molecule is Cc1cccc(N2CCN(C(=O)CCCN3C(=O)COc4ccc(C)cc43)C[C@H]2C)c1. The van der Waals surface area contributed by atoms with Crippen LogP contribution in [-0.2, 0) is 9.59 Å². The molecule has 2 aliphatic rings. The maximum atomic E-state index is 12.8. The van der Waals surface area contributed by atoms with Gasteiger partial charge in [-0.15, -0.1) is 0 Å². The number of amides is 2. The summed E-state index contributed by atoms with van der Waals surface area (Å²) < 4.78 is 5.54. The van der Waals surface area contributed by atoms with E-state index in [1.807, 2.05) is 30.0 Å². The number of carbonyl (C=O) groups excluding carboxylic acids is 2. The summed E-state index contributed by atoms with van der Waals surface area (Å²) in [7, 11) is 0. The molecule has 0 saturated carbocycles. The minimum Gasteiger partial charge on any atom is -0.482 e. The van der Waals surface area contributed by atoms with E-state index in [4.69, 9.17) is 4.74 Å². The Balaban J connectivity index is 1.31. The zero-order valence-electron chi connectivity index (χ0n) is 18.6. The second-order valence-electron chi connectivity index (χ2n) is 8.63. The molecule has 2 amide bonds. The Bertz CT molecular complexity index is 974. The molecule has 31 heavy (non-hydrogen) atoms. The van der Waals surface area contributed by atoms with Gasteiger partial charge < -0.3 is 19.4 Å². The van der Waals surface area contributed by atoms with Crippen molar-refractivity contribution in [2.75, 3.05) is 42.6 Å². The molecule has 0 radical (unpaired) electrons. The van der Waals surface area contributed by atoms with Crippen molar-refractivity contribution in [1.82, 2.24) is 4.90 Å². The summed E-state index contributed by atoms with van der Waals surface area (Å²) in [5, 5.41) is 0. The molecule has 4 rings (SSSR count). The van der Waals surface area contributed by atoms with Crippen LogP contribution >= 0.6 is 0 Å². The third kappa shape index (κ3) is 4.68. The van der Waals surface area contributed by atoms with E-state index < -0.39 is 0 Å². The third-order valence-corrected chi connectivity index (χ3v) is 6.14. The van der Waals surface area contributed by atoms with Crippen LogP contribution in [0.3, 0.4) is 0 Å². The third-order valence-electron chi connectivity index (χ3n) is 6.14. The summed E-state index contributed by atoms with van der Waals surface area (Å²) in [5.74, 6) is 0.851. The highest BCUT2D eigenvalue weighted by Gasteiger charge is 2.28. The van der Waals surface area contributed by atoms with Crippen LogP contribution in [0.15, 0.2) is 42.5 Å². The fraction of sp³-hybridized carbons (Fsp3) is 0.440. The van der Waals surface area contributed by atoms with Gasteiger partial charge in [-0.1, -0.05) is 18.2 Å². The van der Waals surface area contributed by atoms with Gasteiger partial charge in [0, 0.05) is 44.3 Å². The number of hydrogen-bond donors (Lipinski definition) is 0. The monoisotopic (exact) mass is 421 g/mol. The van der Waals surface area contributed by atoms with Gasteiger partial charge >= 0.3 is 0 Å². The van der Waals surface area contributed by atoms with Crippen LogP contribution in [0.5, 0.6) is 5.75 Å². The lowest BCUT2D eigenvalue weighted by molar-refractivity contribution is -0.132. The molecular weight excluding hydrogens is 390 g/mol.